The van der Waals surface area contributed by atoms with Crippen molar-refractivity contribution in [2.24, 2.45) is 5.92 Å². The van der Waals surface area contributed by atoms with Gasteiger partial charge in [0.2, 0.25) is 0 Å². The van der Waals surface area contributed by atoms with Gasteiger partial charge in [-0.15, -0.1) is 12.4 Å². The molecule has 0 aromatic heterocycles. The van der Waals surface area contributed by atoms with Crippen LogP contribution in [0.4, 0.5) is 0 Å². The molecule has 1 aliphatic heterocycles. The lowest BCUT2D eigenvalue weighted by Crippen LogP contribution is -2.25. The second-order valence-corrected chi connectivity index (χ2v) is 3.03. The molecule has 2 heteroatoms. The standard InChI is InChI=1S/C8H13N.ClH/c1-2-4-8-7(3-1)5-6-9-8;/h2,4,7-9H,1,3,5-6H2;1H/t7-,8-;/m1./s1. The summed E-state index contributed by atoms with van der Waals surface area (Å²) in [5.41, 5.74) is 0. The molecule has 1 heterocycles. The number of halogens is 1. The van der Waals surface area contributed by atoms with Crippen LogP contribution in [-0.4, -0.2) is 12.6 Å². The molecule has 0 amide bonds. The molecule has 58 valence electrons. The van der Waals surface area contributed by atoms with E-state index in [-0.39, 0.29) is 12.4 Å². The average Bonchev–Trinajstić information content (AvgIpc) is 2.33. The lowest BCUT2D eigenvalue weighted by molar-refractivity contribution is 0.460. The third kappa shape index (κ3) is 1.35. The highest BCUT2D eigenvalue weighted by Gasteiger charge is 2.25. The summed E-state index contributed by atoms with van der Waals surface area (Å²) in [5, 5.41) is 3.47. The van der Waals surface area contributed by atoms with Gasteiger partial charge in [0.25, 0.3) is 0 Å². The predicted molar refractivity (Wildman–Crippen MR) is 45.5 cm³/mol. The Labute approximate surface area is 68.3 Å². The number of nitrogens with one attached hydrogen (secondary N) is 1. The van der Waals surface area contributed by atoms with Gasteiger partial charge in [-0.2, -0.15) is 0 Å². The second kappa shape index (κ2) is 3.40. The third-order valence-electron chi connectivity index (χ3n) is 2.45. The molecule has 1 fully saturated rings. The van der Waals surface area contributed by atoms with E-state index in [1.165, 1.54) is 25.8 Å². The van der Waals surface area contributed by atoms with Crippen LogP contribution in [0.15, 0.2) is 12.2 Å². The van der Waals surface area contributed by atoms with Crippen LogP contribution >= 0.6 is 12.4 Å². The van der Waals surface area contributed by atoms with Crippen molar-refractivity contribution < 1.29 is 0 Å². The minimum atomic E-state index is 0. The zero-order chi connectivity index (χ0) is 6.10. The summed E-state index contributed by atoms with van der Waals surface area (Å²) < 4.78 is 0. The molecule has 0 spiro atoms. The summed E-state index contributed by atoms with van der Waals surface area (Å²) in [6, 6.07) is 0.735. The summed E-state index contributed by atoms with van der Waals surface area (Å²) in [6.07, 6.45) is 8.76. The maximum atomic E-state index is 3.47. The van der Waals surface area contributed by atoms with Crippen molar-refractivity contribution in [1.29, 1.82) is 0 Å². The number of allylic oxidation sites excluding steroid dienone is 1. The van der Waals surface area contributed by atoms with Gasteiger partial charge in [0.05, 0.1) is 0 Å². The summed E-state index contributed by atoms with van der Waals surface area (Å²) >= 11 is 0. The molecule has 0 radical (unpaired) electrons. The molecular formula is C8H14ClN. The highest BCUT2D eigenvalue weighted by Crippen LogP contribution is 2.25. The van der Waals surface area contributed by atoms with Crippen LogP contribution in [-0.2, 0) is 0 Å². The van der Waals surface area contributed by atoms with Gasteiger partial charge in [0, 0.05) is 6.04 Å². The molecule has 0 saturated carbocycles. The lowest BCUT2D eigenvalue weighted by Gasteiger charge is -2.18. The first-order valence-corrected chi connectivity index (χ1v) is 3.87. The molecule has 1 nitrogen and oxygen atoms in total. The molecule has 2 rings (SSSR count). The minimum Gasteiger partial charge on any atom is -0.310 e. The number of hydrogen-bond acceptors (Lipinski definition) is 1. The van der Waals surface area contributed by atoms with Gasteiger partial charge in [-0.05, 0) is 31.7 Å². The molecule has 2 aliphatic rings. The Kier molecular flexibility index (Phi) is 2.75. The van der Waals surface area contributed by atoms with E-state index < -0.39 is 0 Å². The Morgan fingerprint density at radius 3 is 3.00 bits per heavy atom. The van der Waals surface area contributed by atoms with Crippen LogP contribution in [0, 0.1) is 5.92 Å². The molecular weight excluding hydrogens is 146 g/mol. The van der Waals surface area contributed by atoms with Crippen molar-refractivity contribution in [2.75, 3.05) is 6.54 Å². The van der Waals surface area contributed by atoms with E-state index >= 15 is 0 Å². The first kappa shape index (κ1) is 8.09. The van der Waals surface area contributed by atoms with E-state index in [1.54, 1.807) is 0 Å². The normalized spacial score (nSPS) is 36.8. The van der Waals surface area contributed by atoms with Crippen LogP contribution in [0.1, 0.15) is 19.3 Å². The van der Waals surface area contributed by atoms with Gasteiger partial charge in [-0.1, -0.05) is 12.2 Å². The molecule has 10 heavy (non-hydrogen) atoms. The fourth-order valence-corrected chi connectivity index (χ4v) is 1.88. The van der Waals surface area contributed by atoms with Crippen LogP contribution in [0.3, 0.4) is 0 Å². The first-order valence-electron chi connectivity index (χ1n) is 3.87. The molecule has 0 unspecified atom stereocenters. The monoisotopic (exact) mass is 159 g/mol. The molecule has 0 aromatic rings. The maximum absolute atomic E-state index is 3.47. The lowest BCUT2D eigenvalue weighted by atomic mass is 9.91. The minimum absolute atomic E-state index is 0. The molecule has 1 N–H and O–H groups in total. The highest BCUT2D eigenvalue weighted by molar-refractivity contribution is 5.85. The van der Waals surface area contributed by atoms with E-state index in [0.717, 1.165) is 12.0 Å². The van der Waals surface area contributed by atoms with Gasteiger partial charge in [-0.25, -0.2) is 0 Å². The zero-order valence-corrected chi connectivity index (χ0v) is 6.86. The Morgan fingerprint density at radius 1 is 1.30 bits per heavy atom. The van der Waals surface area contributed by atoms with E-state index in [4.69, 9.17) is 0 Å². The summed E-state index contributed by atoms with van der Waals surface area (Å²) in [6.45, 7) is 1.24. The highest BCUT2D eigenvalue weighted by atomic mass is 35.5. The van der Waals surface area contributed by atoms with Gasteiger partial charge >= 0.3 is 0 Å². The van der Waals surface area contributed by atoms with Crippen molar-refractivity contribution in [3.63, 3.8) is 0 Å². The van der Waals surface area contributed by atoms with Crippen molar-refractivity contribution in [3.8, 4) is 0 Å². The summed E-state index contributed by atoms with van der Waals surface area (Å²) in [5.74, 6) is 0.968. The fraction of sp³-hybridized carbons (Fsp3) is 0.750. The third-order valence-corrected chi connectivity index (χ3v) is 2.45. The molecule has 0 aromatic carbocycles. The molecule has 1 saturated heterocycles. The SMILES string of the molecule is C1=C[C@H]2NCC[C@H]2CC1.Cl. The maximum Gasteiger partial charge on any atom is 0.0278 e. The zero-order valence-electron chi connectivity index (χ0n) is 6.05. The van der Waals surface area contributed by atoms with Crippen LogP contribution < -0.4 is 5.32 Å². The molecule has 0 bridgehead atoms. The largest absolute Gasteiger partial charge is 0.310 e. The van der Waals surface area contributed by atoms with Gasteiger partial charge in [0.15, 0.2) is 0 Å². The topological polar surface area (TPSA) is 12.0 Å². The van der Waals surface area contributed by atoms with Crippen LogP contribution in [0.2, 0.25) is 0 Å². The van der Waals surface area contributed by atoms with E-state index in [0.29, 0.717) is 0 Å². The van der Waals surface area contributed by atoms with E-state index in [2.05, 4.69) is 17.5 Å². The van der Waals surface area contributed by atoms with E-state index in [1.807, 2.05) is 0 Å². The predicted octanol–water partition coefficient (Wildman–Crippen LogP) is 1.74. The van der Waals surface area contributed by atoms with Gasteiger partial charge in [0.1, 0.15) is 0 Å². The van der Waals surface area contributed by atoms with E-state index in [9.17, 15) is 0 Å². The van der Waals surface area contributed by atoms with Gasteiger partial charge in [-0.3, -0.25) is 0 Å². The van der Waals surface area contributed by atoms with Crippen molar-refractivity contribution in [3.05, 3.63) is 12.2 Å². The smallest absolute Gasteiger partial charge is 0.0278 e. The fourth-order valence-electron chi connectivity index (χ4n) is 1.88. The van der Waals surface area contributed by atoms with Crippen molar-refractivity contribution in [2.45, 2.75) is 25.3 Å². The molecule has 1 aliphatic carbocycles. The van der Waals surface area contributed by atoms with Gasteiger partial charge < -0.3 is 5.32 Å². The summed E-state index contributed by atoms with van der Waals surface area (Å²) in [7, 11) is 0. The number of fused-ring (bicyclic) bond motifs is 1. The van der Waals surface area contributed by atoms with Crippen LogP contribution in [0.5, 0.6) is 0 Å². The first-order chi connectivity index (χ1) is 4.47. The van der Waals surface area contributed by atoms with Crippen molar-refractivity contribution in [1.82, 2.24) is 5.32 Å². The second-order valence-electron chi connectivity index (χ2n) is 3.03. The Bertz CT molecular complexity index is 133. The van der Waals surface area contributed by atoms with Crippen molar-refractivity contribution >= 4 is 12.4 Å². The average molecular weight is 160 g/mol. The number of rotatable bonds is 0. The Morgan fingerprint density at radius 2 is 2.20 bits per heavy atom. The Hall–Kier alpha value is -0.0100. The quantitative estimate of drug-likeness (QED) is 0.531. The van der Waals surface area contributed by atoms with Crippen LogP contribution in [0.25, 0.3) is 0 Å². The summed E-state index contributed by atoms with van der Waals surface area (Å²) in [4.78, 5) is 0. The molecule has 2 atom stereocenters. The number of hydrogen-bond donors (Lipinski definition) is 1. The Balaban J connectivity index is 0.000000500.